The van der Waals surface area contributed by atoms with Crippen LogP contribution in [0.4, 0.5) is 0 Å². The minimum absolute atomic E-state index is 0.0683. The molecule has 0 radical (unpaired) electrons. The van der Waals surface area contributed by atoms with Crippen molar-refractivity contribution in [3.05, 3.63) is 35.9 Å². The number of amides is 8. The average Bonchev–Trinajstić information content (AvgIpc) is 3.72. The number of carboxylic acids is 1. The molecule has 66 heavy (non-hydrogen) atoms. The molecule has 1 heterocycles. The molecule has 1 aliphatic rings. The summed E-state index contributed by atoms with van der Waals surface area (Å²) in [6.07, 6.45) is -3.22. The molecule has 26 heteroatoms. The topological polar surface area (TPSA) is 452 Å². The molecule has 20 N–H and O–H groups in total. The lowest BCUT2D eigenvalue weighted by Gasteiger charge is -2.31. The standard InChI is InChI=1S/C40H64N14O12/c1-47-27(19-21-7-3-2-4-8-21)38(65)51-24(12-15-30(42)56)36(63)52-26(20-31(43)57)34(61)33(60)22(11-14-29(41)55)49-39(66)28-10-6-18-54(28)53-25(9-5-17-48-40(45)46)37(64)50-23(35(44)62)13-16-32(58)59/h2-4,7-8,22-28,40,47-48,53H,5-6,9-20,45-46H2,1H3,(H2,41,55)(H2,42,56)(H2,43,57)(H2,44,62)(H,49,66)(H,50,64)(H,51,65)(H,52,63)(H,58,59)/t22-,23-,24-,25-,26-,27-,28-/m0/s1. The van der Waals surface area contributed by atoms with Crippen LogP contribution < -0.4 is 71.7 Å². The van der Waals surface area contributed by atoms with Gasteiger partial charge in [-0.15, -0.1) is 0 Å². The lowest BCUT2D eigenvalue weighted by molar-refractivity contribution is -0.142. The van der Waals surface area contributed by atoms with Crippen LogP contribution in [0.15, 0.2) is 30.3 Å². The van der Waals surface area contributed by atoms with Gasteiger partial charge < -0.3 is 66.1 Å². The first kappa shape index (κ1) is 55.7. The molecule has 26 nitrogen and oxygen atoms in total. The van der Waals surface area contributed by atoms with E-state index in [-0.39, 0.29) is 51.6 Å². The van der Waals surface area contributed by atoms with E-state index < -0.39 is 145 Å². The second-order valence-corrected chi connectivity index (χ2v) is 15.7. The Morgan fingerprint density at radius 3 is 1.77 bits per heavy atom. The predicted molar refractivity (Wildman–Crippen MR) is 234 cm³/mol. The highest BCUT2D eigenvalue weighted by Crippen LogP contribution is 2.18. The van der Waals surface area contributed by atoms with E-state index in [0.717, 1.165) is 5.56 Å². The SMILES string of the molecule is CN[C@@H](Cc1ccccc1)C(=O)N[C@@H](CCC(N)=O)C(=O)N[C@@H](CC(N)=O)C(=O)C(=O)[C@H](CCC(N)=O)NC(=O)[C@@H]1CCCN1N[C@@H](CCCNC(N)N)C(=O)N[C@@H](CCC(=O)O)C(N)=O. The van der Waals surface area contributed by atoms with E-state index in [0.29, 0.717) is 6.42 Å². The van der Waals surface area contributed by atoms with Gasteiger partial charge in [-0.3, -0.25) is 58.1 Å². The number of aliphatic carboxylic acids is 1. The Hall–Kier alpha value is -6.45. The second kappa shape index (κ2) is 28.5. The Bertz CT molecular complexity index is 1890. The van der Waals surface area contributed by atoms with Crippen molar-refractivity contribution in [2.75, 3.05) is 20.1 Å². The minimum Gasteiger partial charge on any atom is -0.481 e. The molecule has 0 bridgehead atoms. The molecule has 1 saturated heterocycles. The van der Waals surface area contributed by atoms with Crippen molar-refractivity contribution in [2.45, 2.75) is 126 Å². The summed E-state index contributed by atoms with van der Waals surface area (Å²) in [5.41, 5.74) is 36.3. The summed E-state index contributed by atoms with van der Waals surface area (Å²) in [4.78, 5) is 141. The van der Waals surface area contributed by atoms with Crippen LogP contribution in [0.2, 0.25) is 0 Å². The van der Waals surface area contributed by atoms with Crippen molar-refractivity contribution in [1.29, 1.82) is 0 Å². The maximum Gasteiger partial charge on any atom is 0.303 e. The van der Waals surface area contributed by atoms with Gasteiger partial charge in [-0.2, -0.15) is 0 Å². The molecule has 0 unspecified atom stereocenters. The Balaban J connectivity index is 2.35. The molecule has 0 saturated carbocycles. The highest BCUT2D eigenvalue weighted by atomic mass is 16.4. The van der Waals surface area contributed by atoms with Crippen LogP contribution in [0.1, 0.15) is 76.2 Å². The number of carbonyl (C=O) groups excluding carboxylic acids is 10. The number of hydrogen-bond donors (Lipinski definition) is 14. The summed E-state index contributed by atoms with van der Waals surface area (Å²) >= 11 is 0. The molecule has 8 amide bonds. The van der Waals surface area contributed by atoms with E-state index in [4.69, 9.17) is 39.5 Å². The predicted octanol–water partition coefficient (Wildman–Crippen LogP) is -6.44. The van der Waals surface area contributed by atoms with Crippen molar-refractivity contribution in [1.82, 2.24) is 42.3 Å². The minimum atomic E-state index is -1.94. The van der Waals surface area contributed by atoms with Gasteiger partial charge in [0.25, 0.3) is 0 Å². The van der Waals surface area contributed by atoms with Crippen molar-refractivity contribution in [3.8, 4) is 0 Å². The molecule has 7 atom stereocenters. The average molecular weight is 933 g/mol. The quantitative estimate of drug-likeness (QED) is 0.0177. The first-order chi connectivity index (χ1) is 31.1. The van der Waals surface area contributed by atoms with E-state index in [2.05, 4.69) is 37.3 Å². The number of nitrogens with one attached hydrogen (secondary N) is 7. The molecule has 1 aliphatic heterocycles. The van der Waals surface area contributed by atoms with Gasteiger partial charge in [0.05, 0.1) is 18.5 Å². The second-order valence-electron chi connectivity index (χ2n) is 15.7. The number of benzene rings is 1. The van der Waals surface area contributed by atoms with Gasteiger partial charge in [-0.25, -0.2) is 10.4 Å². The summed E-state index contributed by atoms with van der Waals surface area (Å²) in [6.45, 7) is 0.417. The largest absolute Gasteiger partial charge is 0.481 e. The molecule has 1 fully saturated rings. The molecule has 0 aliphatic carbocycles. The fourth-order valence-corrected chi connectivity index (χ4v) is 6.90. The number of nitrogens with zero attached hydrogens (tertiary/aromatic N) is 1. The van der Waals surface area contributed by atoms with E-state index in [9.17, 15) is 52.7 Å². The van der Waals surface area contributed by atoms with Crippen LogP contribution in [0.5, 0.6) is 0 Å². The third-order valence-electron chi connectivity index (χ3n) is 10.4. The zero-order chi connectivity index (χ0) is 49.5. The monoisotopic (exact) mass is 932 g/mol. The van der Waals surface area contributed by atoms with Crippen molar-refractivity contribution >= 4 is 64.8 Å². The van der Waals surface area contributed by atoms with Gasteiger partial charge in [-0.05, 0) is 70.5 Å². The first-order valence-electron chi connectivity index (χ1n) is 21.3. The molecular formula is C40H64N14O12. The fraction of sp³-hybridized carbons (Fsp3) is 0.575. The van der Waals surface area contributed by atoms with Crippen molar-refractivity contribution in [2.24, 2.45) is 34.4 Å². The molecule has 0 spiro atoms. The smallest absolute Gasteiger partial charge is 0.303 e. The maximum atomic E-state index is 13.9. The van der Waals surface area contributed by atoms with E-state index in [1.54, 1.807) is 30.3 Å². The number of Topliss-reactive ketones (excluding diaryl/α,β-unsaturated/α-hetero) is 2. The van der Waals surface area contributed by atoms with Gasteiger partial charge in [0.2, 0.25) is 58.8 Å². The molecular weight excluding hydrogens is 869 g/mol. The van der Waals surface area contributed by atoms with Crippen molar-refractivity contribution < 1.29 is 57.8 Å². The number of likely N-dealkylation sites (N-methyl/N-ethyl adjacent to an activating group) is 1. The number of carbonyl (C=O) groups is 11. The van der Waals surface area contributed by atoms with Crippen LogP contribution in [0, 0.1) is 0 Å². The number of nitrogens with two attached hydrogens (primary N) is 6. The lowest BCUT2D eigenvalue weighted by Crippen LogP contribution is -2.60. The summed E-state index contributed by atoms with van der Waals surface area (Å²) in [5.74, 6) is -11.2. The third kappa shape index (κ3) is 20.2. The third-order valence-corrected chi connectivity index (χ3v) is 10.4. The Kier molecular flexibility index (Phi) is 24.0. The number of ketones is 2. The fourth-order valence-electron chi connectivity index (χ4n) is 6.90. The zero-order valence-corrected chi connectivity index (χ0v) is 36.8. The number of carboxylic acid groups (broad SMARTS) is 1. The molecule has 0 aromatic heterocycles. The van der Waals surface area contributed by atoms with Crippen LogP contribution in [0.3, 0.4) is 0 Å². The van der Waals surface area contributed by atoms with Gasteiger partial charge in [0.15, 0.2) is 0 Å². The Morgan fingerprint density at radius 2 is 1.21 bits per heavy atom. The number of hydrogen-bond acceptors (Lipinski definition) is 17. The summed E-state index contributed by atoms with van der Waals surface area (Å²) in [5, 5.41) is 25.8. The van der Waals surface area contributed by atoms with E-state index in [1.165, 1.54) is 12.1 Å². The highest BCUT2D eigenvalue weighted by molar-refractivity contribution is 6.42. The number of rotatable bonds is 33. The molecule has 1 aromatic carbocycles. The Labute approximate surface area is 380 Å². The van der Waals surface area contributed by atoms with Gasteiger partial charge >= 0.3 is 5.97 Å². The summed E-state index contributed by atoms with van der Waals surface area (Å²) in [7, 11) is 1.51. The molecule has 366 valence electrons. The normalized spacial score (nSPS) is 16.4. The van der Waals surface area contributed by atoms with Crippen LogP contribution in [0.25, 0.3) is 0 Å². The van der Waals surface area contributed by atoms with E-state index >= 15 is 0 Å². The molecule has 2 rings (SSSR count). The van der Waals surface area contributed by atoms with Gasteiger partial charge in [-0.1, -0.05) is 30.3 Å². The number of primary amides is 4. The van der Waals surface area contributed by atoms with Gasteiger partial charge in [0.1, 0.15) is 36.5 Å². The zero-order valence-electron chi connectivity index (χ0n) is 36.8. The summed E-state index contributed by atoms with van der Waals surface area (Å²) in [6, 6.07) is -0.768. The lowest BCUT2D eigenvalue weighted by atomic mass is 9.96. The number of hydrazine groups is 1. The van der Waals surface area contributed by atoms with Crippen LogP contribution in [-0.4, -0.2) is 144 Å². The summed E-state index contributed by atoms with van der Waals surface area (Å²) < 4.78 is 0. The molecule has 1 aromatic rings. The Morgan fingerprint density at radius 1 is 0.667 bits per heavy atom. The highest BCUT2D eigenvalue weighted by Gasteiger charge is 2.39. The van der Waals surface area contributed by atoms with Crippen LogP contribution >= 0.6 is 0 Å². The van der Waals surface area contributed by atoms with E-state index in [1.807, 2.05) is 0 Å². The van der Waals surface area contributed by atoms with Crippen molar-refractivity contribution in [3.63, 3.8) is 0 Å². The maximum absolute atomic E-state index is 13.9. The van der Waals surface area contributed by atoms with Gasteiger partial charge in [0, 0.05) is 25.8 Å². The van der Waals surface area contributed by atoms with Crippen LogP contribution in [-0.2, 0) is 59.2 Å². The first-order valence-corrected chi connectivity index (χ1v) is 21.3.